The lowest BCUT2D eigenvalue weighted by Crippen LogP contribution is -2.29. The normalized spacial score (nSPS) is 12.9. The minimum atomic E-state index is -1.84. The Morgan fingerprint density at radius 1 is 0.591 bits per heavy atom. The standard InChI is InChI=1S/C12H14O10/c13-7(5(11(19)20)3-9(15)16)1-2-8(14)6(12(21)22)4-10(17)18/h5-6H,1-4H2,(H,15,16)(H,17,18)(H,19,20)(H,21,22). The molecule has 0 aliphatic heterocycles. The van der Waals surface area contributed by atoms with Crippen LogP contribution in [0, 0.1) is 11.8 Å². The Morgan fingerprint density at radius 3 is 1.05 bits per heavy atom. The molecule has 0 bridgehead atoms. The van der Waals surface area contributed by atoms with Crippen molar-refractivity contribution in [2.45, 2.75) is 25.7 Å². The van der Waals surface area contributed by atoms with Crippen LogP contribution in [-0.4, -0.2) is 55.9 Å². The molecule has 2 atom stereocenters. The number of carbonyl (C=O) groups is 6. The summed E-state index contributed by atoms with van der Waals surface area (Å²) < 4.78 is 0. The first-order valence-electron chi connectivity index (χ1n) is 6.00. The predicted octanol–water partition coefficient (Wildman–Crippen LogP) is -0.744. The van der Waals surface area contributed by atoms with E-state index in [-0.39, 0.29) is 0 Å². The smallest absolute Gasteiger partial charge is 0.314 e. The summed E-state index contributed by atoms with van der Waals surface area (Å²) in [5.74, 6) is -12.1. The Bertz CT molecular complexity index is 460. The first kappa shape index (κ1) is 19.2. The molecule has 0 saturated carbocycles. The van der Waals surface area contributed by atoms with Crippen molar-refractivity contribution in [3.8, 4) is 0 Å². The fourth-order valence-electron chi connectivity index (χ4n) is 1.62. The van der Waals surface area contributed by atoms with Crippen LogP contribution in [0.1, 0.15) is 25.7 Å². The van der Waals surface area contributed by atoms with Crippen molar-refractivity contribution in [1.82, 2.24) is 0 Å². The predicted molar refractivity (Wildman–Crippen MR) is 66.0 cm³/mol. The topological polar surface area (TPSA) is 183 Å². The largest absolute Gasteiger partial charge is 0.481 e. The zero-order chi connectivity index (χ0) is 17.4. The molecule has 4 N–H and O–H groups in total. The molecule has 0 heterocycles. The van der Waals surface area contributed by atoms with Gasteiger partial charge in [0.15, 0.2) is 0 Å². The Morgan fingerprint density at radius 2 is 0.864 bits per heavy atom. The van der Waals surface area contributed by atoms with Crippen LogP contribution in [0.15, 0.2) is 0 Å². The lowest BCUT2D eigenvalue weighted by Gasteiger charge is -2.11. The maximum absolute atomic E-state index is 11.6. The molecule has 0 saturated heterocycles. The van der Waals surface area contributed by atoms with E-state index in [1.807, 2.05) is 0 Å². The Labute approximate surface area is 123 Å². The molecule has 0 aromatic heterocycles. The molecular weight excluding hydrogens is 304 g/mol. The van der Waals surface area contributed by atoms with Gasteiger partial charge < -0.3 is 20.4 Å². The molecule has 22 heavy (non-hydrogen) atoms. The van der Waals surface area contributed by atoms with Crippen LogP contribution in [0.25, 0.3) is 0 Å². The third-order valence-corrected chi connectivity index (χ3v) is 2.75. The number of carbonyl (C=O) groups excluding carboxylic acids is 2. The second-order valence-corrected chi connectivity index (χ2v) is 4.41. The Hall–Kier alpha value is -2.78. The van der Waals surface area contributed by atoms with E-state index in [4.69, 9.17) is 20.4 Å². The quantitative estimate of drug-likeness (QED) is 0.353. The third-order valence-electron chi connectivity index (χ3n) is 2.75. The highest BCUT2D eigenvalue weighted by molar-refractivity contribution is 6.04. The number of carboxylic acid groups (broad SMARTS) is 4. The Kier molecular flexibility index (Phi) is 7.42. The second kappa shape index (κ2) is 8.49. The van der Waals surface area contributed by atoms with Gasteiger partial charge in [0, 0.05) is 12.8 Å². The summed E-state index contributed by atoms with van der Waals surface area (Å²) in [7, 11) is 0. The van der Waals surface area contributed by atoms with Crippen molar-refractivity contribution >= 4 is 35.4 Å². The van der Waals surface area contributed by atoms with Gasteiger partial charge in [0.1, 0.15) is 23.4 Å². The van der Waals surface area contributed by atoms with Crippen molar-refractivity contribution in [3.05, 3.63) is 0 Å². The van der Waals surface area contributed by atoms with Gasteiger partial charge in [-0.25, -0.2) is 0 Å². The highest BCUT2D eigenvalue weighted by atomic mass is 16.4. The summed E-state index contributed by atoms with van der Waals surface area (Å²) in [4.78, 5) is 65.6. The third kappa shape index (κ3) is 6.59. The highest BCUT2D eigenvalue weighted by Crippen LogP contribution is 2.14. The lowest BCUT2D eigenvalue weighted by atomic mass is 9.92. The average molecular weight is 318 g/mol. The zero-order valence-corrected chi connectivity index (χ0v) is 11.2. The van der Waals surface area contributed by atoms with Gasteiger partial charge in [-0.05, 0) is 0 Å². The van der Waals surface area contributed by atoms with Crippen molar-refractivity contribution in [2.75, 3.05) is 0 Å². The molecule has 122 valence electrons. The maximum atomic E-state index is 11.6. The molecule has 0 aliphatic carbocycles. The summed E-state index contributed by atoms with van der Waals surface area (Å²) in [5, 5.41) is 34.5. The van der Waals surface area contributed by atoms with Crippen molar-refractivity contribution in [1.29, 1.82) is 0 Å². The van der Waals surface area contributed by atoms with Gasteiger partial charge in [-0.3, -0.25) is 28.8 Å². The van der Waals surface area contributed by atoms with E-state index < -0.39 is 73.0 Å². The van der Waals surface area contributed by atoms with E-state index in [0.717, 1.165) is 0 Å². The number of carboxylic acids is 4. The molecule has 10 heteroatoms. The molecule has 2 unspecified atom stereocenters. The molecule has 0 rings (SSSR count). The van der Waals surface area contributed by atoms with Crippen LogP contribution in [0.5, 0.6) is 0 Å². The fourth-order valence-corrected chi connectivity index (χ4v) is 1.62. The number of hydrogen-bond donors (Lipinski definition) is 4. The lowest BCUT2D eigenvalue weighted by molar-refractivity contribution is -0.154. The van der Waals surface area contributed by atoms with E-state index in [1.165, 1.54) is 0 Å². The minimum Gasteiger partial charge on any atom is -0.481 e. The van der Waals surface area contributed by atoms with Crippen LogP contribution in [0.4, 0.5) is 0 Å². The monoisotopic (exact) mass is 318 g/mol. The average Bonchev–Trinajstić information content (AvgIpc) is 2.38. The first-order valence-corrected chi connectivity index (χ1v) is 6.00. The Balaban J connectivity index is 4.75. The molecule has 10 nitrogen and oxygen atoms in total. The van der Waals surface area contributed by atoms with E-state index >= 15 is 0 Å². The van der Waals surface area contributed by atoms with Crippen molar-refractivity contribution < 1.29 is 49.2 Å². The molecule has 0 amide bonds. The van der Waals surface area contributed by atoms with Crippen LogP contribution in [0.3, 0.4) is 0 Å². The van der Waals surface area contributed by atoms with Gasteiger partial charge in [0.2, 0.25) is 0 Å². The van der Waals surface area contributed by atoms with Gasteiger partial charge >= 0.3 is 23.9 Å². The van der Waals surface area contributed by atoms with Gasteiger partial charge in [-0.1, -0.05) is 0 Å². The summed E-state index contributed by atoms with van der Waals surface area (Å²) in [6, 6.07) is 0. The van der Waals surface area contributed by atoms with Gasteiger partial charge in [0.05, 0.1) is 12.8 Å². The van der Waals surface area contributed by atoms with Crippen molar-refractivity contribution in [3.63, 3.8) is 0 Å². The van der Waals surface area contributed by atoms with Gasteiger partial charge in [-0.15, -0.1) is 0 Å². The number of rotatable bonds is 11. The van der Waals surface area contributed by atoms with E-state index in [1.54, 1.807) is 0 Å². The summed E-state index contributed by atoms with van der Waals surface area (Å²) in [6.45, 7) is 0. The summed E-state index contributed by atoms with van der Waals surface area (Å²) >= 11 is 0. The molecule has 0 fully saturated rings. The summed E-state index contributed by atoms with van der Waals surface area (Å²) in [6.07, 6.45) is -3.27. The molecule has 0 aliphatic rings. The number of ketones is 2. The van der Waals surface area contributed by atoms with Crippen LogP contribution < -0.4 is 0 Å². The maximum Gasteiger partial charge on any atom is 0.314 e. The molecule has 0 aromatic carbocycles. The van der Waals surface area contributed by atoms with Crippen LogP contribution in [-0.2, 0) is 28.8 Å². The zero-order valence-electron chi connectivity index (χ0n) is 11.2. The van der Waals surface area contributed by atoms with Crippen molar-refractivity contribution in [2.24, 2.45) is 11.8 Å². The number of hydrogen-bond acceptors (Lipinski definition) is 6. The second-order valence-electron chi connectivity index (χ2n) is 4.41. The molecule has 0 spiro atoms. The number of aliphatic carboxylic acids is 4. The summed E-state index contributed by atoms with van der Waals surface area (Å²) in [5.41, 5.74) is 0. The molecule has 0 radical (unpaired) electrons. The molecule has 0 aromatic rings. The SMILES string of the molecule is O=C(O)CC(C(=O)O)C(=O)CCC(=O)C(CC(=O)O)C(=O)O. The molecular formula is C12H14O10. The number of Topliss-reactive ketones (excluding diaryl/α,β-unsaturated/α-hetero) is 2. The van der Waals surface area contributed by atoms with E-state index in [0.29, 0.717) is 0 Å². The van der Waals surface area contributed by atoms with E-state index in [9.17, 15) is 28.8 Å². The minimum absolute atomic E-state index is 0.674. The van der Waals surface area contributed by atoms with Crippen LogP contribution >= 0.6 is 0 Å². The first-order chi connectivity index (χ1) is 10.1. The fraction of sp³-hybridized carbons (Fsp3) is 0.500. The van der Waals surface area contributed by atoms with E-state index in [2.05, 4.69) is 0 Å². The van der Waals surface area contributed by atoms with Gasteiger partial charge in [0.25, 0.3) is 0 Å². The highest BCUT2D eigenvalue weighted by Gasteiger charge is 2.32. The van der Waals surface area contributed by atoms with Crippen LogP contribution in [0.2, 0.25) is 0 Å². The van der Waals surface area contributed by atoms with Gasteiger partial charge in [-0.2, -0.15) is 0 Å².